The number of aromatic nitrogens is 2. The van der Waals surface area contributed by atoms with Gasteiger partial charge in [0, 0.05) is 5.39 Å². The first-order valence-electron chi connectivity index (χ1n) is 5.83. The van der Waals surface area contributed by atoms with Crippen LogP contribution in [0, 0.1) is 22.9 Å². The Hall–Kier alpha value is -2.54. The van der Waals surface area contributed by atoms with E-state index in [4.69, 9.17) is 16.0 Å². The number of hydrogen-bond acceptors (Lipinski definition) is 5. The van der Waals surface area contributed by atoms with Crippen LogP contribution in [-0.2, 0) is 0 Å². The third-order valence-corrected chi connectivity index (χ3v) is 3.09. The Morgan fingerprint density at radius 1 is 1.33 bits per heavy atom. The second-order valence-electron chi connectivity index (χ2n) is 4.33. The van der Waals surface area contributed by atoms with Crippen LogP contribution in [0.3, 0.4) is 0 Å². The molecule has 0 N–H and O–H groups in total. The molecule has 0 unspecified atom stereocenters. The maximum absolute atomic E-state index is 13.2. The molecule has 8 heteroatoms. The maximum atomic E-state index is 13.2. The molecular weight excluding hydrogens is 301 g/mol. The van der Waals surface area contributed by atoms with Gasteiger partial charge in [-0.1, -0.05) is 0 Å². The lowest BCUT2D eigenvalue weighted by molar-refractivity contribution is -0.385. The molecule has 0 aliphatic heterocycles. The van der Waals surface area contributed by atoms with Crippen LogP contribution in [0.15, 0.2) is 28.7 Å². The van der Waals surface area contributed by atoms with Crippen molar-refractivity contribution in [3.63, 3.8) is 0 Å². The van der Waals surface area contributed by atoms with Gasteiger partial charge in [0.25, 0.3) is 0 Å². The number of hydrogen-bond donors (Lipinski definition) is 0. The van der Waals surface area contributed by atoms with E-state index in [2.05, 4.69) is 9.97 Å². The van der Waals surface area contributed by atoms with Gasteiger partial charge in [-0.25, -0.2) is 14.4 Å². The third kappa shape index (κ3) is 2.31. The van der Waals surface area contributed by atoms with E-state index < -0.39 is 10.7 Å². The lowest BCUT2D eigenvalue weighted by atomic mass is 10.2. The summed E-state index contributed by atoms with van der Waals surface area (Å²) >= 11 is 5.75. The number of halogens is 2. The molecule has 3 aromatic rings. The molecule has 0 aliphatic carbocycles. The summed E-state index contributed by atoms with van der Waals surface area (Å²) in [6.45, 7) is 1.46. The molecule has 2 heterocycles. The van der Waals surface area contributed by atoms with Crippen molar-refractivity contribution in [1.82, 2.24) is 9.97 Å². The highest BCUT2D eigenvalue weighted by Gasteiger charge is 2.25. The molecule has 0 atom stereocenters. The first kappa shape index (κ1) is 13.4. The fraction of sp³-hybridized carbons (Fsp3) is 0.0769. The minimum absolute atomic E-state index is 0.0332. The van der Waals surface area contributed by atoms with Crippen LogP contribution in [0.25, 0.3) is 22.4 Å². The van der Waals surface area contributed by atoms with E-state index in [0.717, 1.165) is 0 Å². The van der Waals surface area contributed by atoms with Gasteiger partial charge in [-0.3, -0.25) is 10.1 Å². The zero-order valence-electron chi connectivity index (χ0n) is 10.6. The highest BCUT2D eigenvalue weighted by atomic mass is 35.5. The Labute approximate surface area is 122 Å². The second-order valence-corrected chi connectivity index (χ2v) is 4.66. The average molecular weight is 308 g/mol. The summed E-state index contributed by atoms with van der Waals surface area (Å²) in [5.41, 5.74) is 0.197. The number of furan rings is 1. The number of aryl methyl sites for hydroxylation is 1. The van der Waals surface area contributed by atoms with Crippen molar-refractivity contribution in [2.45, 2.75) is 6.92 Å². The topological polar surface area (TPSA) is 82.1 Å². The number of fused-ring (bicyclic) bond motifs is 1. The summed E-state index contributed by atoms with van der Waals surface area (Å²) in [6, 6.07) is 5.42. The Balaban J connectivity index is 2.29. The van der Waals surface area contributed by atoms with Crippen LogP contribution in [0.2, 0.25) is 5.28 Å². The normalized spacial score (nSPS) is 11.0. The number of nitrogens with zero attached hydrogens (tertiary/aromatic N) is 3. The van der Waals surface area contributed by atoms with Crippen LogP contribution in [0.1, 0.15) is 5.69 Å². The minimum Gasteiger partial charge on any atom is -0.454 e. The zero-order valence-corrected chi connectivity index (χ0v) is 11.4. The van der Waals surface area contributed by atoms with Crippen molar-refractivity contribution < 1.29 is 13.7 Å². The summed E-state index contributed by atoms with van der Waals surface area (Å²) < 4.78 is 18.7. The second kappa shape index (κ2) is 4.78. The van der Waals surface area contributed by atoms with E-state index in [9.17, 15) is 14.5 Å². The molecule has 0 saturated heterocycles. The first-order chi connectivity index (χ1) is 9.95. The van der Waals surface area contributed by atoms with Gasteiger partial charge >= 0.3 is 5.69 Å². The lowest BCUT2D eigenvalue weighted by Gasteiger charge is -2.01. The summed E-state index contributed by atoms with van der Waals surface area (Å²) in [5, 5.41) is 11.5. The van der Waals surface area contributed by atoms with Gasteiger partial charge in [0.05, 0.1) is 4.92 Å². The molecule has 1 aromatic carbocycles. The van der Waals surface area contributed by atoms with Crippen molar-refractivity contribution in [3.8, 4) is 11.5 Å². The van der Waals surface area contributed by atoms with Crippen molar-refractivity contribution in [2.24, 2.45) is 0 Å². The van der Waals surface area contributed by atoms with Crippen molar-refractivity contribution in [1.29, 1.82) is 0 Å². The van der Waals surface area contributed by atoms with Crippen LogP contribution in [0.4, 0.5) is 10.1 Å². The van der Waals surface area contributed by atoms with E-state index in [1.54, 1.807) is 0 Å². The van der Waals surface area contributed by atoms with E-state index in [1.807, 2.05) is 0 Å². The molecule has 0 aliphatic rings. The van der Waals surface area contributed by atoms with Crippen molar-refractivity contribution >= 4 is 28.3 Å². The Morgan fingerprint density at radius 2 is 2.10 bits per heavy atom. The monoisotopic (exact) mass is 307 g/mol. The molecule has 106 valence electrons. The number of nitro groups is 1. The molecule has 6 nitrogen and oxygen atoms in total. The van der Waals surface area contributed by atoms with Gasteiger partial charge in [0.15, 0.2) is 11.5 Å². The summed E-state index contributed by atoms with van der Waals surface area (Å²) in [7, 11) is 0. The molecule has 2 aromatic heterocycles. The fourth-order valence-corrected chi connectivity index (χ4v) is 2.27. The quantitative estimate of drug-likeness (QED) is 0.407. The van der Waals surface area contributed by atoms with Gasteiger partial charge in [-0.15, -0.1) is 0 Å². The Kier molecular flexibility index (Phi) is 3.06. The summed E-state index contributed by atoms with van der Waals surface area (Å²) in [6.07, 6.45) is 0. The van der Waals surface area contributed by atoms with E-state index in [-0.39, 0.29) is 28.1 Å². The lowest BCUT2D eigenvalue weighted by Crippen LogP contribution is -2.00. The molecule has 0 saturated carbocycles. The Bertz CT molecular complexity index is 878. The van der Waals surface area contributed by atoms with Gasteiger partial charge in [0.2, 0.25) is 5.28 Å². The van der Waals surface area contributed by atoms with Crippen LogP contribution in [0.5, 0.6) is 0 Å². The van der Waals surface area contributed by atoms with E-state index >= 15 is 0 Å². The van der Waals surface area contributed by atoms with Gasteiger partial charge in [-0.2, -0.15) is 0 Å². The van der Waals surface area contributed by atoms with Gasteiger partial charge in [0.1, 0.15) is 17.1 Å². The van der Waals surface area contributed by atoms with E-state index in [0.29, 0.717) is 11.0 Å². The van der Waals surface area contributed by atoms with Crippen molar-refractivity contribution in [3.05, 3.63) is 51.2 Å². The molecule has 21 heavy (non-hydrogen) atoms. The zero-order chi connectivity index (χ0) is 15.1. The standard InChI is InChI=1S/C13H7ClFN3O3/c1-6-12(18(19)20)11(17-13(14)16-6)10-5-7-4-8(15)2-3-9(7)21-10/h2-5H,1H3. The molecule has 0 bridgehead atoms. The SMILES string of the molecule is Cc1nc(Cl)nc(-c2cc3cc(F)ccc3o2)c1[N+](=O)[O-]. The van der Waals surface area contributed by atoms with Crippen molar-refractivity contribution in [2.75, 3.05) is 0 Å². The van der Waals surface area contributed by atoms with E-state index in [1.165, 1.54) is 31.2 Å². The highest BCUT2D eigenvalue weighted by molar-refractivity contribution is 6.28. The third-order valence-electron chi connectivity index (χ3n) is 2.93. The Morgan fingerprint density at radius 3 is 2.81 bits per heavy atom. The van der Waals surface area contributed by atoms with Crippen LogP contribution < -0.4 is 0 Å². The smallest absolute Gasteiger partial charge is 0.319 e. The number of benzene rings is 1. The number of rotatable bonds is 2. The molecule has 0 spiro atoms. The van der Waals surface area contributed by atoms with Gasteiger partial charge in [-0.05, 0) is 42.8 Å². The predicted molar refractivity (Wildman–Crippen MR) is 73.6 cm³/mol. The first-order valence-corrected chi connectivity index (χ1v) is 6.21. The predicted octanol–water partition coefficient (Wildman–Crippen LogP) is 3.90. The van der Waals surface area contributed by atoms with Gasteiger partial charge < -0.3 is 4.42 Å². The highest BCUT2D eigenvalue weighted by Crippen LogP contribution is 2.34. The summed E-state index contributed by atoms with van der Waals surface area (Å²) in [5.74, 6) is -0.295. The molecule has 0 radical (unpaired) electrons. The molecule has 0 fully saturated rings. The average Bonchev–Trinajstić information content (AvgIpc) is 2.79. The van der Waals surface area contributed by atoms with Crippen LogP contribution in [-0.4, -0.2) is 14.9 Å². The summed E-state index contributed by atoms with van der Waals surface area (Å²) in [4.78, 5) is 18.2. The maximum Gasteiger partial charge on any atom is 0.319 e. The minimum atomic E-state index is -0.602. The largest absolute Gasteiger partial charge is 0.454 e. The molecular formula is C13H7ClFN3O3. The fourth-order valence-electron chi connectivity index (χ4n) is 2.05. The molecule has 0 amide bonds. The molecule has 3 rings (SSSR count). The van der Waals surface area contributed by atoms with Crippen LogP contribution >= 0.6 is 11.6 Å².